The minimum atomic E-state index is -0.492. The van der Waals surface area contributed by atoms with Gasteiger partial charge < -0.3 is 14.8 Å². The molecule has 1 aromatic rings. The second-order valence-electron chi connectivity index (χ2n) is 6.63. The zero-order valence-electron chi connectivity index (χ0n) is 12.2. The Morgan fingerprint density at radius 2 is 1.95 bits per heavy atom. The van der Waals surface area contributed by atoms with Crippen molar-refractivity contribution in [2.24, 2.45) is 0 Å². The summed E-state index contributed by atoms with van der Waals surface area (Å²) < 4.78 is 12.2. The van der Waals surface area contributed by atoms with E-state index in [0.717, 1.165) is 17.2 Å². The molecule has 2 heterocycles. The van der Waals surface area contributed by atoms with E-state index >= 15 is 0 Å². The Kier molecular flexibility index (Phi) is 2.40. The van der Waals surface area contributed by atoms with Gasteiger partial charge in [-0.15, -0.1) is 0 Å². The number of allylic oxidation sites excluding steroid dienone is 1. The molecule has 3 nitrogen and oxygen atoms in total. The number of nitrogens with one attached hydrogen (secondary N) is 1. The quantitative estimate of drug-likeness (QED) is 0.775. The first kappa shape index (κ1) is 12.4. The largest absolute Gasteiger partial charge is 0.476 e. The van der Waals surface area contributed by atoms with Crippen LogP contribution in [0.4, 0.5) is 0 Å². The summed E-state index contributed by atoms with van der Waals surface area (Å²) in [5, 5.41) is 3.35. The summed E-state index contributed by atoms with van der Waals surface area (Å²) in [5.74, 6) is 1.64. The maximum atomic E-state index is 6.16. The standard InChI is InChI=1S/C16H21NO2/c1-10-8-14-16(5,17-10)19-13-9-11(15(2,3)4)6-7-12(13)18-14/h6-9,14,17H,1-5H3/t14-,16-/m1/s1. The van der Waals surface area contributed by atoms with E-state index in [2.05, 4.69) is 44.3 Å². The highest BCUT2D eigenvalue weighted by molar-refractivity contribution is 5.47. The van der Waals surface area contributed by atoms with Crippen molar-refractivity contribution in [3.63, 3.8) is 0 Å². The Bertz CT molecular complexity index is 556. The molecular formula is C16H21NO2. The molecule has 0 saturated carbocycles. The second kappa shape index (κ2) is 3.69. The van der Waals surface area contributed by atoms with Gasteiger partial charge in [0.1, 0.15) is 0 Å². The van der Waals surface area contributed by atoms with Crippen molar-refractivity contribution in [1.29, 1.82) is 0 Å². The third kappa shape index (κ3) is 1.97. The summed E-state index contributed by atoms with van der Waals surface area (Å²) in [4.78, 5) is 0. The number of benzene rings is 1. The van der Waals surface area contributed by atoms with Crippen LogP contribution in [0.15, 0.2) is 30.0 Å². The number of hydrogen-bond donors (Lipinski definition) is 1. The molecule has 0 aromatic heterocycles. The summed E-state index contributed by atoms with van der Waals surface area (Å²) in [6, 6.07) is 6.22. The number of rotatable bonds is 0. The molecule has 3 heteroatoms. The average Bonchev–Trinajstić information content (AvgIpc) is 2.56. The summed E-state index contributed by atoms with van der Waals surface area (Å²) in [7, 11) is 0. The predicted molar refractivity (Wildman–Crippen MR) is 75.5 cm³/mol. The summed E-state index contributed by atoms with van der Waals surface area (Å²) in [6.45, 7) is 10.6. The normalized spacial score (nSPS) is 28.5. The van der Waals surface area contributed by atoms with E-state index in [-0.39, 0.29) is 11.5 Å². The van der Waals surface area contributed by atoms with E-state index in [1.807, 2.05) is 19.9 Å². The highest BCUT2D eigenvalue weighted by Crippen LogP contribution is 2.42. The van der Waals surface area contributed by atoms with E-state index < -0.39 is 5.72 Å². The second-order valence-corrected chi connectivity index (χ2v) is 6.63. The maximum absolute atomic E-state index is 6.16. The van der Waals surface area contributed by atoms with Gasteiger partial charge in [0, 0.05) is 5.70 Å². The lowest BCUT2D eigenvalue weighted by atomic mass is 9.87. The third-order valence-corrected chi connectivity index (χ3v) is 3.78. The van der Waals surface area contributed by atoms with Gasteiger partial charge in [0.05, 0.1) is 0 Å². The minimum Gasteiger partial charge on any atom is -0.476 e. The van der Waals surface area contributed by atoms with Gasteiger partial charge in [-0.25, -0.2) is 0 Å². The van der Waals surface area contributed by atoms with Crippen molar-refractivity contribution in [3.05, 3.63) is 35.5 Å². The Labute approximate surface area is 114 Å². The van der Waals surface area contributed by atoms with Crippen LogP contribution in [0.5, 0.6) is 11.5 Å². The fourth-order valence-corrected chi connectivity index (χ4v) is 2.64. The lowest BCUT2D eigenvalue weighted by molar-refractivity contribution is -0.0379. The highest BCUT2D eigenvalue weighted by atomic mass is 16.6. The van der Waals surface area contributed by atoms with Gasteiger partial charge in [-0.2, -0.15) is 0 Å². The van der Waals surface area contributed by atoms with Crippen molar-refractivity contribution in [1.82, 2.24) is 5.32 Å². The molecule has 19 heavy (non-hydrogen) atoms. The van der Waals surface area contributed by atoms with E-state index in [9.17, 15) is 0 Å². The molecule has 0 bridgehead atoms. The van der Waals surface area contributed by atoms with Gasteiger partial charge in [0.15, 0.2) is 17.6 Å². The smallest absolute Gasteiger partial charge is 0.218 e. The lowest BCUT2D eigenvalue weighted by Gasteiger charge is -2.38. The third-order valence-electron chi connectivity index (χ3n) is 3.78. The van der Waals surface area contributed by atoms with Gasteiger partial charge in [-0.05, 0) is 43.0 Å². The molecule has 1 N–H and O–H groups in total. The van der Waals surface area contributed by atoms with Crippen LogP contribution >= 0.6 is 0 Å². The topological polar surface area (TPSA) is 30.5 Å². The molecule has 102 valence electrons. The van der Waals surface area contributed by atoms with Gasteiger partial charge in [0.2, 0.25) is 5.72 Å². The molecule has 1 aromatic carbocycles. The van der Waals surface area contributed by atoms with Gasteiger partial charge in [0.25, 0.3) is 0 Å². The van der Waals surface area contributed by atoms with Crippen molar-refractivity contribution in [3.8, 4) is 11.5 Å². The van der Waals surface area contributed by atoms with Gasteiger partial charge >= 0.3 is 0 Å². The lowest BCUT2D eigenvalue weighted by Crippen LogP contribution is -2.55. The number of ether oxygens (including phenoxy) is 2. The molecule has 0 unspecified atom stereocenters. The number of hydrogen-bond acceptors (Lipinski definition) is 3. The predicted octanol–water partition coefficient (Wildman–Crippen LogP) is 3.35. The van der Waals surface area contributed by atoms with Crippen LogP contribution in [-0.4, -0.2) is 11.8 Å². The van der Waals surface area contributed by atoms with Crippen molar-refractivity contribution < 1.29 is 9.47 Å². The van der Waals surface area contributed by atoms with E-state index in [4.69, 9.17) is 9.47 Å². The molecule has 2 atom stereocenters. The Morgan fingerprint density at radius 1 is 1.21 bits per heavy atom. The van der Waals surface area contributed by atoms with Crippen molar-refractivity contribution in [2.75, 3.05) is 0 Å². The van der Waals surface area contributed by atoms with Crippen LogP contribution < -0.4 is 14.8 Å². The molecule has 0 saturated heterocycles. The van der Waals surface area contributed by atoms with E-state index in [1.165, 1.54) is 5.56 Å². The SMILES string of the molecule is CC1=C[C@H]2Oc3ccc(C(C)(C)C)cc3O[C@@]2(C)N1. The highest BCUT2D eigenvalue weighted by Gasteiger charge is 2.45. The summed E-state index contributed by atoms with van der Waals surface area (Å²) in [5.41, 5.74) is 1.96. The van der Waals surface area contributed by atoms with Crippen LogP contribution in [-0.2, 0) is 5.41 Å². The number of fused-ring (bicyclic) bond motifs is 2. The minimum absolute atomic E-state index is 0.0690. The monoisotopic (exact) mass is 259 g/mol. The van der Waals surface area contributed by atoms with Gasteiger partial charge in [-0.3, -0.25) is 0 Å². The maximum Gasteiger partial charge on any atom is 0.218 e. The Balaban J connectivity index is 1.99. The first-order valence-electron chi connectivity index (χ1n) is 6.75. The summed E-state index contributed by atoms with van der Waals surface area (Å²) in [6.07, 6.45) is 2.00. The molecule has 0 spiro atoms. The molecule has 2 aliphatic rings. The fraction of sp³-hybridized carbons (Fsp3) is 0.500. The Hall–Kier alpha value is -1.64. The molecule has 0 fully saturated rings. The van der Waals surface area contributed by atoms with Crippen LogP contribution in [0.3, 0.4) is 0 Å². The van der Waals surface area contributed by atoms with Crippen LogP contribution in [0.2, 0.25) is 0 Å². The average molecular weight is 259 g/mol. The first-order valence-corrected chi connectivity index (χ1v) is 6.75. The Morgan fingerprint density at radius 3 is 2.63 bits per heavy atom. The molecule has 0 aliphatic carbocycles. The molecule has 2 aliphatic heterocycles. The van der Waals surface area contributed by atoms with Crippen molar-refractivity contribution in [2.45, 2.75) is 51.9 Å². The zero-order chi connectivity index (χ0) is 13.8. The van der Waals surface area contributed by atoms with Gasteiger partial charge in [-0.1, -0.05) is 26.8 Å². The molecule has 3 rings (SSSR count). The summed E-state index contributed by atoms with van der Waals surface area (Å²) >= 11 is 0. The van der Waals surface area contributed by atoms with E-state index in [1.54, 1.807) is 0 Å². The molecular weight excluding hydrogens is 238 g/mol. The first-order chi connectivity index (χ1) is 8.78. The van der Waals surface area contributed by atoms with Crippen LogP contribution in [0.25, 0.3) is 0 Å². The van der Waals surface area contributed by atoms with E-state index in [0.29, 0.717) is 0 Å². The zero-order valence-corrected chi connectivity index (χ0v) is 12.2. The van der Waals surface area contributed by atoms with Crippen molar-refractivity contribution >= 4 is 0 Å². The fourth-order valence-electron chi connectivity index (χ4n) is 2.64. The molecule has 0 amide bonds. The van der Waals surface area contributed by atoms with Crippen LogP contribution in [0.1, 0.15) is 40.2 Å². The van der Waals surface area contributed by atoms with Crippen LogP contribution in [0, 0.1) is 0 Å². The molecule has 0 radical (unpaired) electrons.